The highest BCUT2D eigenvalue weighted by Gasteiger charge is 2.36. The molecule has 9 heteroatoms. The van der Waals surface area contributed by atoms with Crippen molar-refractivity contribution >= 4 is 21.6 Å². The smallest absolute Gasteiger partial charge is 0.274 e. The number of rotatable bonds is 2. The van der Waals surface area contributed by atoms with Crippen molar-refractivity contribution in [3.63, 3.8) is 0 Å². The zero-order chi connectivity index (χ0) is 18.1. The van der Waals surface area contributed by atoms with Crippen LogP contribution in [0.4, 0.5) is 5.69 Å². The molecule has 0 saturated carbocycles. The number of piperidine rings is 1. The van der Waals surface area contributed by atoms with Gasteiger partial charge in [-0.05, 0) is 30.9 Å². The lowest BCUT2D eigenvalue weighted by atomic mass is 9.93. The zero-order valence-corrected chi connectivity index (χ0v) is 14.8. The molecule has 26 heavy (non-hydrogen) atoms. The number of aromatic nitrogens is 2. The van der Waals surface area contributed by atoms with E-state index in [2.05, 4.69) is 20.0 Å². The molecule has 1 aromatic carbocycles. The first-order valence-corrected chi connectivity index (χ1v) is 9.96. The van der Waals surface area contributed by atoms with Gasteiger partial charge in [0, 0.05) is 25.5 Å². The molecular formula is C17H19N5O3S. The number of amides is 1. The molecule has 1 fully saturated rings. The molecule has 3 heterocycles. The van der Waals surface area contributed by atoms with Crippen molar-refractivity contribution in [2.24, 2.45) is 5.92 Å². The zero-order valence-electron chi connectivity index (χ0n) is 14.0. The number of para-hydroxylation sites is 1. The van der Waals surface area contributed by atoms with E-state index in [0.717, 1.165) is 0 Å². The molecule has 4 rings (SSSR count). The van der Waals surface area contributed by atoms with E-state index in [1.54, 1.807) is 23.1 Å². The van der Waals surface area contributed by atoms with E-state index in [4.69, 9.17) is 0 Å². The summed E-state index contributed by atoms with van der Waals surface area (Å²) >= 11 is 0. The van der Waals surface area contributed by atoms with Crippen molar-refractivity contribution in [3.8, 4) is 0 Å². The van der Waals surface area contributed by atoms with Crippen molar-refractivity contribution in [1.82, 2.24) is 19.6 Å². The molecule has 1 amide bonds. The number of carbonyl (C=O) groups is 1. The Hall–Kier alpha value is -2.52. The first kappa shape index (κ1) is 16.9. The van der Waals surface area contributed by atoms with Crippen LogP contribution in [0.15, 0.2) is 47.8 Å². The predicted octanol–water partition coefficient (Wildman–Crippen LogP) is 1.06. The van der Waals surface area contributed by atoms with Crippen LogP contribution in [0.2, 0.25) is 0 Å². The molecule has 0 spiro atoms. The molecule has 0 bridgehead atoms. The average Bonchev–Trinajstić information content (AvgIpc) is 2.68. The van der Waals surface area contributed by atoms with Gasteiger partial charge in [0.15, 0.2) is 0 Å². The fourth-order valence-electron chi connectivity index (χ4n) is 3.47. The number of nitrogens with zero attached hydrogens (tertiary/aromatic N) is 3. The number of benzene rings is 1. The summed E-state index contributed by atoms with van der Waals surface area (Å²) in [5.41, 5.74) is 0.950. The lowest BCUT2D eigenvalue weighted by Gasteiger charge is -2.38. The monoisotopic (exact) mass is 373 g/mol. The Labute approximate surface area is 151 Å². The van der Waals surface area contributed by atoms with Crippen molar-refractivity contribution in [1.29, 1.82) is 0 Å². The van der Waals surface area contributed by atoms with Crippen molar-refractivity contribution in [2.75, 3.05) is 18.4 Å². The van der Waals surface area contributed by atoms with Crippen LogP contribution < -0.4 is 10.0 Å². The van der Waals surface area contributed by atoms with Crippen LogP contribution in [0, 0.1) is 5.92 Å². The Bertz CT molecular complexity index is 911. The summed E-state index contributed by atoms with van der Waals surface area (Å²) in [6, 6.07) is 6.87. The minimum Gasteiger partial charge on any atom is -0.368 e. The Kier molecular flexibility index (Phi) is 4.33. The molecular weight excluding hydrogens is 354 g/mol. The van der Waals surface area contributed by atoms with Gasteiger partial charge in [-0.15, -0.1) is 0 Å². The maximum atomic E-state index is 12.5. The van der Waals surface area contributed by atoms with Gasteiger partial charge in [0.1, 0.15) is 10.6 Å². The number of hydrogen-bond acceptors (Lipinski definition) is 6. The third kappa shape index (κ3) is 3.15. The van der Waals surface area contributed by atoms with Gasteiger partial charge in [0.05, 0.1) is 18.1 Å². The molecule has 1 saturated heterocycles. The summed E-state index contributed by atoms with van der Waals surface area (Å²) in [6.45, 7) is 1.11. The quantitative estimate of drug-likeness (QED) is 0.816. The van der Waals surface area contributed by atoms with Crippen molar-refractivity contribution in [3.05, 3.63) is 48.5 Å². The molecule has 0 aliphatic carbocycles. The fraction of sp³-hybridized carbons (Fsp3) is 0.353. The molecule has 2 aliphatic heterocycles. The van der Waals surface area contributed by atoms with Crippen LogP contribution in [0.1, 0.15) is 23.3 Å². The van der Waals surface area contributed by atoms with Crippen molar-refractivity contribution in [2.45, 2.75) is 23.9 Å². The summed E-state index contributed by atoms with van der Waals surface area (Å²) in [4.78, 5) is 22.4. The Morgan fingerprint density at radius 3 is 2.65 bits per heavy atom. The SMILES string of the molecule is O=C(c1cnccn1)N1CCC([C@H]2Nc3ccccc3S(=O)(=O)N2)CC1. The minimum atomic E-state index is -3.52. The lowest BCUT2D eigenvalue weighted by Crippen LogP contribution is -2.52. The number of carbonyl (C=O) groups excluding carboxylic acids is 1. The van der Waals surface area contributed by atoms with Gasteiger partial charge in [-0.25, -0.2) is 13.4 Å². The van der Waals surface area contributed by atoms with Crippen LogP contribution >= 0.6 is 0 Å². The van der Waals surface area contributed by atoms with E-state index in [1.165, 1.54) is 18.6 Å². The summed E-state index contributed by atoms with van der Waals surface area (Å²) in [5.74, 6) is -0.0388. The Morgan fingerprint density at radius 2 is 1.92 bits per heavy atom. The van der Waals surface area contributed by atoms with Crippen LogP contribution in [0.25, 0.3) is 0 Å². The third-order valence-corrected chi connectivity index (χ3v) is 6.35. The summed E-state index contributed by atoms with van der Waals surface area (Å²) in [5, 5.41) is 3.28. The van der Waals surface area contributed by atoms with Gasteiger partial charge in [-0.3, -0.25) is 9.78 Å². The topological polar surface area (TPSA) is 104 Å². The molecule has 8 nitrogen and oxygen atoms in total. The van der Waals surface area contributed by atoms with Crippen molar-refractivity contribution < 1.29 is 13.2 Å². The van der Waals surface area contributed by atoms with Crippen LogP contribution in [-0.2, 0) is 10.0 Å². The van der Waals surface area contributed by atoms with Crippen LogP contribution in [0.5, 0.6) is 0 Å². The Balaban J connectivity index is 1.44. The molecule has 136 valence electrons. The first-order valence-electron chi connectivity index (χ1n) is 8.48. The standard InChI is InChI=1S/C17H19N5O3S/c23-17(14-11-18-7-8-19-14)22-9-5-12(6-10-22)16-20-13-3-1-2-4-15(13)26(24,25)21-16/h1-4,7-8,11-12,16,20-21H,5-6,9-10H2/t16-/m0/s1. The average molecular weight is 373 g/mol. The van der Waals surface area contributed by atoms with E-state index in [0.29, 0.717) is 37.3 Å². The van der Waals surface area contributed by atoms with E-state index >= 15 is 0 Å². The van der Waals surface area contributed by atoms with E-state index in [9.17, 15) is 13.2 Å². The second kappa shape index (κ2) is 6.65. The maximum Gasteiger partial charge on any atom is 0.274 e. The molecule has 1 atom stereocenters. The predicted molar refractivity (Wildman–Crippen MR) is 94.8 cm³/mol. The van der Waals surface area contributed by atoms with Crippen LogP contribution in [-0.4, -0.2) is 48.4 Å². The normalized spacial score (nSPS) is 22.3. The van der Waals surface area contributed by atoms with Crippen LogP contribution in [0.3, 0.4) is 0 Å². The van der Waals surface area contributed by atoms with Gasteiger partial charge in [0.25, 0.3) is 5.91 Å². The molecule has 0 unspecified atom stereocenters. The molecule has 2 aromatic rings. The number of anilines is 1. The van der Waals surface area contributed by atoms with Gasteiger partial charge in [0.2, 0.25) is 10.0 Å². The van der Waals surface area contributed by atoms with E-state index < -0.39 is 10.0 Å². The first-order chi connectivity index (χ1) is 12.5. The third-order valence-electron chi connectivity index (χ3n) is 4.85. The maximum absolute atomic E-state index is 12.5. The summed E-state index contributed by atoms with van der Waals surface area (Å²) in [6.07, 6.45) is 5.52. The number of nitrogens with one attached hydrogen (secondary N) is 2. The highest BCUT2D eigenvalue weighted by Crippen LogP contribution is 2.30. The second-order valence-electron chi connectivity index (χ2n) is 6.46. The number of likely N-dealkylation sites (tertiary alicyclic amines) is 1. The van der Waals surface area contributed by atoms with E-state index in [-0.39, 0.29) is 22.9 Å². The largest absolute Gasteiger partial charge is 0.368 e. The highest BCUT2D eigenvalue weighted by atomic mass is 32.2. The molecule has 2 N–H and O–H groups in total. The number of sulfonamides is 1. The Morgan fingerprint density at radius 1 is 1.15 bits per heavy atom. The second-order valence-corrected chi connectivity index (χ2v) is 8.14. The van der Waals surface area contributed by atoms with E-state index in [1.807, 2.05) is 6.07 Å². The molecule has 2 aliphatic rings. The van der Waals surface area contributed by atoms with Gasteiger partial charge in [-0.2, -0.15) is 4.72 Å². The lowest BCUT2D eigenvalue weighted by molar-refractivity contribution is 0.0673. The van der Waals surface area contributed by atoms with Gasteiger partial charge in [-0.1, -0.05) is 12.1 Å². The molecule has 0 radical (unpaired) electrons. The number of fused-ring (bicyclic) bond motifs is 1. The van der Waals surface area contributed by atoms with Gasteiger partial charge >= 0.3 is 0 Å². The molecule has 1 aromatic heterocycles. The summed E-state index contributed by atoms with van der Waals surface area (Å²) in [7, 11) is -3.52. The highest BCUT2D eigenvalue weighted by molar-refractivity contribution is 7.89. The van der Waals surface area contributed by atoms with Gasteiger partial charge < -0.3 is 10.2 Å². The number of hydrogen-bond donors (Lipinski definition) is 2. The fourth-order valence-corrected chi connectivity index (χ4v) is 4.86. The minimum absolute atomic E-state index is 0.101. The summed E-state index contributed by atoms with van der Waals surface area (Å²) < 4.78 is 27.6.